The maximum atomic E-state index is 9.75. The van der Waals surface area contributed by atoms with Crippen molar-refractivity contribution in [1.82, 2.24) is 0 Å². The Kier molecular flexibility index (Phi) is 7.00. The van der Waals surface area contributed by atoms with Crippen molar-refractivity contribution < 1.29 is 43.2 Å². The molecule has 0 aromatic rings. The zero-order valence-electron chi connectivity index (χ0n) is 6.38. The third-order valence-electron chi connectivity index (χ3n) is 0.290. The van der Waals surface area contributed by atoms with E-state index in [1.165, 1.54) is 0 Å². The third-order valence-corrected chi connectivity index (χ3v) is 0.870. The molecule has 0 saturated carbocycles. The van der Waals surface area contributed by atoms with Crippen molar-refractivity contribution >= 4 is 15.6 Å². The monoisotopic (exact) mass is 240 g/mol. The van der Waals surface area contributed by atoms with Crippen molar-refractivity contribution in [3.05, 3.63) is 0 Å². The van der Waals surface area contributed by atoms with Crippen LogP contribution in [0.3, 0.4) is 0 Å². The van der Waals surface area contributed by atoms with Crippen LogP contribution in [-0.2, 0) is 13.7 Å². The van der Waals surface area contributed by atoms with Gasteiger partial charge in [-0.2, -0.15) is 0 Å². The molecule has 0 aromatic heterocycles. The summed E-state index contributed by atoms with van der Waals surface area (Å²) < 4.78 is 22.3. The SMILES string of the molecule is CC(O)OP(=O)(O)O.O=P(O)(O)O. The number of hydrogen-bond donors (Lipinski definition) is 6. The summed E-state index contributed by atoms with van der Waals surface area (Å²) >= 11 is 0. The molecule has 0 bridgehead atoms. The van der Waals surface area contributed by atoms with Crippen LogP contribution in [0.5, 0.6) is 0 Å². The van der Waals surface area contributed by atoms with E-state index >= 15 is 0 Å². The summed E-state index contributed by atoms with van der Waals surface area (Å²) in [5.41, 5.74) is 0. The fourth-order valence-electron chi connectivity index (χ4n) is 0.199. The van der Waals surface area contributed by atoms with Gasteiger partial charge in [-0.3, -0.25) is 4.52 Å². The Morgan fingerprint density at radius 3 is 1.31 bits per heavy atom. The molecule has 0 rings (SSSR count). The topological polar surface area (TPSA) is 165 Å². The van der Waals surface area contributed by atoms with Gasteiger partial charge in [0.05, 0.1) is 0 Å². The van der Waals surface area contributed by atoms with Crippen LogP contribution in [0.1, 0.15) is 6.92 Å². The lowest BCUT2D eigenvalue weighted by molar-refractivity contribution is -0.0209. The summed E-state index contributed by atoms with van der Waals surface area (Å²) in [7, 11) is -9.11. The van der Waals surface area contributed by atoms with Gasteiger partial charge in [0, 0.05) is 0 Å². The summed E-state index contributed by atoms with van der Waals surface area (Å²) in [6.45, 7) is 1.11. The lowest BCUT2D eigenvalue weighted by Gasteiger charge is -2.05. The molecule has 9 nitrogen and oxygen atoms in total. The van der Waals surface area contributed by atoms with Crippen LogP contribution in [0.2, 0.25) is 0 Å². The van der Waals surface area contributed by atoms with Gasteiger partial charge in [-0.05, 0) is 6.92 Å². The molecule has 0 saturated heterocycles. The second-order valence-electron chi connectivity index (χ2n) is 1.71. The molecule has 0 radical (unpaired) electrons. The minimum Gasteiger partial charge on any atom is -0.368 e. The molecular weight excluding hydrogens is 230 g/mol. The van der Waals surface area contributed by atoms with Gasteiger partial charge >= 0.3 is 15.6 Å². The van der Waals surface area contributed by atoms with Crippen LogP contribution in [0.15, 0.2) is 0 Å². The Labute approximate surface area is 73.1 Å². The number of aliphatic hydroxyl groups excluding tert-OH is 1. The summed E-state index contributed by atoms with van der Waals surface area (Å²) in [6.07, 6.45) is -1.42. The average Bonchev–Trinajstić information content (AvgIpc) is 1.47. The summed E-state index contributed by atoms with van der Waals surface area (Å²) in [5, 5.41) is 8.17. The molecule has 0 spiro atoms. The minimum atomic E-state index is -4.64. The van der Waals surface area contributed by atoms with E-state index in [0.717, 1.165) is 6.92 Å². The van der Waals surface area contributed by atoms with Crippen LogP contribution >= 0.6 is 15.6 Å². The number of aliphatic hydroxyl groups is 1. The molecule has 11 heteroatoms. The maximum absolute atomic E-state index is 9.75. The molecular formula is C2H10O9P2. The number of hydrogen-bond acceptors (Lipinski definition) is 4. The van der Waals surface area contributed by atoms with Gasteiger partial charge in [-0.25, -0.2) is 9.13 Å². The first-order valence-electron chi connectivity index (χ1n) is 2.62. The van der Waals surface area contributed by atoms with Crippen molar-refractivity contribution in [2.45, 2.75) is 13.2 Å². The fraction of sp³-hybridized carbons (Fsp3) is 1.00. The average molecular weight is 240 g/mol. The Bertz CT molecular complexity index is 201. The predicted molar refractivity (Wildman–Crippen MR) is 39.1 cm³/mol. The molecule has 0 aliphatic carbocycles. The quantitative estimate of drug-likeness (QED) is 0.249. The molecule has 6 N–H and O–H groups in total. The highest BCUT2D eigenvalue weighted by molar-refractivity contribution is 7.46. The highest BCUT2D eigenvalue weighted by Gasteiger charge is 2.16. The van der Waals surface area contributed by atoms with Gasteiger partial charge in [0.15, 0.2) is 6.29 Å². The Morgan fingerprint density at radius 1 is 1.08 bits per heavy atom. The van der Waals surface area contributed by atoms with E-state index in [1.807, 2.05) is 0 Å². The van der Waals surface area contributed by atoms with E-state index in [1.54, 1.807) is 0 Å². The molecule has 1 atom stereocenters. The van der Waals surface area contributed by atoms with E-state index in [0.29, 0.717) is 0 Å². The van der Waals surface area contributed by atoms with Gasteiger partial charge < -0.3 is 29.6 Å². The lowest BCUT2D eigenvalue weighted by Crippen LogP contribution is -2.02. The normalized spacial score (nSPS) is 14.4. The molecule has 0 heterocycles. The standard InChI is InChI=1S/C2H7O5P.H3O4P/c1-2(3)7-8(4,5)6;1-5(2,3)4/h2-3H,1H3,(H2,4,5,6);(H3,1,2,3,4). The number of rotatable bonds is 2. The molecule has 0 aliphatic rings. The van der Waals surface area contributed by atoms with Crippen LogP contribution < -0.4 is 0 Å². The van der Waals surface area contributed by atoms with E-state index in [2.05, 4.69) is 4.52 Å². The largest absolute Gasteiger partial charge is 0.471 e. The van der Waals surface area contributed by atoms with Crippen molar-refractivity contribution in [3.63, 3.8) is 0 Å². The zero-order chi connectivity index (χ0) is 11.3. The minimum absolute atomic E-state index is 1.11. The van der Waals surface area contributed by atoms with Crippen molar-refractivity contribution in [3.8, 4) is 0 Å². The molecule has 13 heavy (non-hydrogen) atoms. The van der Waals surface area contributed by atoms with Gasteiger partial charge in [-0.1, -0.05) is 0 Å². The van der Waals surface area contributed by atoms with Gasteiger partial charge in [0.2, 0.25) is 0 Å². The van der Waals surface area contributed by atoms with E-state index in [4.69, 9.17) is 34.1 Å². The number of phosphoric ester groups is 1. The molecule has 0 aliphatic heterocycles. The van der Waals surface area contributed by atoms with Gasteiger partial charge in [0.25, 0.3) is 0 Å². The second-order valence-corrected chi connectivity index (χ2v) is 3.93. The Morgan fingerprint density at radius 2 is 1.31 bits per heavy atom. The van der Waals surface area contributed by atoms with Crippen LogP contribution in [0, 0.1) is 0 Å². The summed E-state index contributed by atoms with van der Waals surface area (Å²) in [6, 6.07) is 0. The first kappa shape index (κ1) is 15.6. The molecule has 0 amide bonds. The Balaban J connectivity index is 0. The predicted octanol–water partition coefficient (Wildman–Crippen LogP) is -1.49. The molecule has 1 unspecified atom stereocenters. The molecule has 0 aromatic carbocycles. The van der Waals surface area contributed by atoms with Crippen LogP contribution in [0.4, 0.5) is 0 Å². The smallest absolute Gasteiger partial charge is 0.368 e. The lowest BCUT2D eigenvalue weighted by atomic mass is 10.8. The summed E-state index contributed by atoms with van der Waals surface area (Å²) in [4.78, 5) is 37.4. The number of phosphoric acid groups is 2. The molecule has 82 valence electrons. The van der Waals surface area contributed by atoms with Crippen LogP contribution in [0.25, 0.3) is 0 Å². The highest BCUT2D eigenvalue weighted by atomic mass is 31.2. The first-order valence-corrected chi connectivity index (χ1v) is 5.71. The van der Waals surface area contributed by atoms with E-state index in [9.17, 15) is 4.57 Å². The third kappa shape index (κ3) is 47.0. The van der Waals surface area contributed by atoms with Crippen molar-refractivity contribution in [2.24, 2.45) is 0 Å². The highest BCUT2D eigenvalue weighted by Crippen LogP contribution is 2.36. The maximum Gasteiger partial charge on any atom is 0.471 e. The van der Waals surface area contributed by atoms with Crippen LogP contribution in [-0.4, -0.2) is 35.9 Å². The first-order chi connectivity index (χ1) is 5.42. The van der Waals surface area contributed by atoms with E-state index < -0.39 is 21.9 Å². The van der Waals surface area contributed by atoms with Crippen molar-refractivity contribution in [1.29, 1.82) is 0 Å². The fourth-order valence-corrected chi connectivity index (χ4v) is 0.596. The second kappa shape index (κ2) is 5.82. The summed E-state index contributed by atoms with van der Waals surface area (Å²) in [5.74, 6) is 0. The van der Waals surface area contributed by atoms with Gasteiger partial charge in [-0.15, -0.1) is 0 Å². The Hall–Kier alpha value is 0.180. The van der Waals surface area contributed by atoms with Crippen molar-refractivity contribution in [2.75, 3.05) is 0 Å². The van der Waals surface area contributed by atoms with E-state index in [-0.39, 0.29) is 0 Å². The zero-order valence-corrected chi connectivity index (χ0v) is 8.17. The van der Waals surface area contributed by atoms with Gasteiger partial charge in [0.1, 0.15) is 0 Å². The molecule has 0 fully saturated rings.